The van der Waals surface area contributed by atoms with Gasteiger partial charge in [-0.05, 0) is 24.9 Å². The first-order chi connectivity index (χ1) is 8.49. The van der Waals surface area contributed by atoms with Gasteiger partial charge in [-0.2, -0.15) is 13.2 Å². The third-order valence-electron chi connectivity index (χ3n) is 3.04. The van der Waals surface area contributed by atoms with Crippen LogP contribution < -0.4 is 5.32 Å². The lowest BCUT2D eigenvalue weighted by molar-refractivity contribution is -0.134. The van der Waals surface area contributed by atoms with Crippen molar-refractivity contribution in [1.82, 2.24) is 15.3 Å². The van der Waals surface area contributed by atoms with E-state index in [1.807, 2.05) is 6.92 Å². The van der Waals surface area contributed by atoms with E-state index in [1.54, 1.807) is 0 Å². The number of fused-ring (bicyclic) bond motifs is 1. The molecule has 18 heavy (non-hydrogen) atoms. The fourth-order valence-electron chi connectivity index (χ4n) is 2.15. The molecular weight excluding hydrogens is 243 g/mol. The molecule has 1 N–H and O–H groups in total. The zero-order valence-electron chi connectivity index (χ0n) is 10.3. The Labute approximate surface area is 104 Å². The molecule has 6 heteroatoms. The summed E-state index contributed by atoms with van der Waals surface area (Å²) in [5, 5.41) is 3.18. The zero-order valence-corrected chi connectivity index (χ0v) is 10.3. The van der Waals surface area contributed by atoms with Crippen molar-refractivity contribution in [3.8, 4) is 0 Å². The van der Waals surface area contributed by atoms with E-state index in [0.29, 0.717) is 12.4 Å². The largest absolute Gasteiger partial charge is 0.389 e. The van der Waals surface area contributed by atoms with Crippen LogP contribution in [0, 0.1) is 0 Å². The molecule has 100 valence electrons. The van der Waals surface area contributed by atoms with Crippen molar-refractivity contribution in [3.05, 3.63) is 22.8 Å². The highest BCUT2D eigenvalue weighted by molar-refractivity contribution is 5.28. The van der Waals surface area contributed by atoms with E-state index in [4.69, 9.17) is 0 Å². The summed E-state index contributed by atoms with van der Waals surface area (Å²) < 4.78 is 36.6. The summed E-state index contributed by atoms with van der Waals surface area (Å²) >= 11 is 0. The second-order valence-electron chi connectivity index (χ2n) is 4.41. The number of halogens is 3. The van der Waals surface area contributed by atoms with Gasteiger partial charge in [0.15, 0.2) is 0 Å². The summed E-state index contributed by atoms with van der Waals surface area (Å²) in [5.74, 6) is 0.312. The van der Waals surface area contributed by atoms with Crippen LogP contribution in [-0.4, -0.2) is 22.7 Å². The first kappa shape index (κ1) is 13.3. The van der Waals surface area contributed by atoms with Crippen LogP contribution in [0.15, 0.2) is 0 Å². The van der Waals surface area contributed by atoms with Crippen molar-refractivity contribution in [1.29, 1.82) is 0 Å². The number of nitrogens with one attached hydrogen (secondary N) is 1. The van der Waals surface area contributed by atoms with E-state index >= 15 is 0 Å². The number of rotatable bonds is 3. The van der Waals surface area contributed by atoms with Gasteiger partial charge in [0.25, 0.3) is 0 Å². The quantitative estimate of drug-likeness (QED) is 0.904. The van der Waals surface area contributed by atoms with Crippen LogP contribution in [-0.2, 0) is 25.8 Å². The highest BCUT2D eigenvalue weighted by Gasteiger charge is 2.27. The van der Waals surface area contributed by atoms with Crippen molar-refractivity contribution in [3.63, 3.8) is 0 Å². The van der Waals surface area contributed by atoms with E-state index in [-0.39, 0.29) is 6.42 Å². The normalized spacial score (nSPS) is 15.6. The highest BCUT2D eigenvalue weighted by Crippen LogP contribution is 2.22. The Morgan fingerprint density at radius 1 is 1.28 bits per heavy atom. The van der Waals surface area contributed by atoms with Crippen LogP contribution in [0.2, 0.25) is 0 Å². The molecule has 1 aromatic heterocycles. The fourth-order valence-corrected chi connectivity index (χ4v) is 2.15. The van der Waals surface area contributed by atoms with Gasteiger partial charge >= 0.3 is 6.18 Å². The second kappa shape index (κ2) is 5.22. The minimum Gasteiger partial charge on any atom is -0.311 e. The second-order valence-corrected chi connectivity index (χ2v) is 4.41. The van der Waals surface area contributed by atoms with Gasteiger partial charge in [-0.1, -0.05) is 6.92 Å². The number of nitrogens with zero attached hydrogens (tertiary/aromatic N) is 2. The Balaban J connectivity index is 2.21. The number of aryl methyl sites for hydroxylation is 2. The maximum Gasteiger partial charge on any atom is 0.389 e. The first-order valence-corrected chi connectivity index (χ1v) is 6.14. The Hall–Kier alpha value is -1.17. The van der Waals surface area contributed by atoms with Gasteiger partial charge in [-0.3, -0.25) is 0 Å². The molecule has 1 aliphatic rings. The monoisotopic (exact) mass is 259 g/mol. The van der Waals surface area contributed by atoms with Gasteiger partial charge in [0, 0.05) is 18.7 Å². The van der Waals surface area contributed by atoms with Crippen molar-refractivity contribution in [2.75, 3.05) is 6.54 Å². The predicted molar refractivity (Wildman–Crippen MR) is 61.2 cm³/mol. The van der Waals surface area contributed by atoms with Crippen molar-refractivity contribution in [2.24, 2.45) is 0 Å². The number of hydrogen-bond acceptors (Lipinski definition) is 3. The van der Waals surface area contributed by atoms with Gasteiger partial charge in [0.1, 0.15) is 5.82 Å². The fraction of sp³-hybridized carbons (Fsp3) is 0.667. The summed E-state index contributed by atoms with van der Waals surface area (Å²) in [4.78, 5) is 8.52. The molecule has 0 unspecified atom stereocenters. The molecule has 0 radical (unpaired) electrons. The lowest BCUT2D eigenvalue weighted by Crippen LogP contribution is -2.27. The van der Waals surface area contributed by atoms with Crippen molar-refractivity contribution in [2.45, 2.75) is 45.3 Å². The molecule has 1 aromatic rings. The molecular formula is C12H16F3N3. The molecule has 2 heterocycles. The van der Waals surface area contributed by atoms with Crippen LogP contribution in [0.1, 0.15) is 36.1 Å². The average Bonchev–Trinajstić information content (AvgIpc) is 2.34. The van der Waals surface area contributed by atoms with Gasteiger partial charge in [0.2, 0.25) is 0 Å². The standard InChI is InChI=1S/C12H16F3N3/c1-2-9-8-4-6-16-7-10(8)18-11(17-9)3-5-12(13,14)15/h16H,2-7H2,1H3. The summed E-state index contributed by atoms with van der Waals surface area (Å²) in [6.45, 7) is 3.48. The number of alkyl halides is 3. The van der Waals surface area contributed by atoms with E-state index in [9.17, 15) is 13.2 Å². The minimum absolute atomic E-state index is 0.135. The summed E-state index contributed by atoms with van der Waals surface area (Å²) in [7, 11) is 0. The van der Waals surface area contributed by atoms with Gasteiger partial charge in [-0.15, -0.1) is 0 Å². The molecule has 0 saturated heterocycles. The minimum atomic E-state index is -4.15. The van der Waals surface area contributed by atoms with E-state index < -0.39 is 12.6 Å². The molecule has 0 aliphatic carbocycles. The highest BCUT2D eigenvalue weighted by atomic mass is 19.4. The maximum absolute atomic E-state index is 12.2. The lowest BCUT2D eigenvalue weighted by Gasteiger charge is -2.19. The third-order valence-corrected chi connectivity index (χ3v) is 3.04. The smallest absolute Gasteiger partial charge is 0.311 e. The van der Waals surface area contributed by atoms with Gasteiger partial charge in [-0.25, -0.2) is 9.97 Å². The van der Waals surface area contributed by atoms with E-state index in [2.05, 4.69) is 15.3 Å². The molecule has 0 saturated carbocycles. The number of aromatic nitrogens is 2. The maximum atomic E-state index is 12.2. The Bertz CT molecular complexity index is 412. The summed E-state index contributed by atoms with van der Waals surface area (Å²) in [6, 6.07) is 0. The molecule has 2 rings (SSSR count). The van der Waals surface area contributed by atoms with E-state index in [0.717, 1.165) is 36.3 Å². The van der Waals surface area contributed by atoms with Gasteiger partial charge < -0.3 is 5.32 Å². The lowest BCUT2D eigenvalue weighted by atomic mass is 10.0. The molecule has 0 atom stereocenters. The Morgan fingerprint density at radius 2 is 2.06 bits per heavy atom. The van der Waals surface area contributed by atoms with Crippen LogP contribution in [0.3, 0.4) is 0 Å². The van der Waals surface area contributed by atoms with Crippen molar-refractivity contribution >= 4 is 0 Å². The molecule has 0 fully saturated rings. The SMILES string of the molecule is CCc1nc(CCC(F)(F)F)nc2c1CCNC2. The summed E-state index contributed by atoms with van der Waals surface area (Å²) in [5.41, 5.74) is 2.89. The Kier molecular flexibility index (Phi) is 3.85. The van der Waals surface area contributed by atoms with Crippen LogP contribution in [0.4, 0.5) is 13.2 Å². The topological polar surface area (TPSA) is 37.8 Å². The van der Waals surface area contributed by atoms with Crippen molar-refractivity contribution < 1.29 is 13.2 Å². The average molecular weight is 259 g/mol. The van der Waals surface area contributed by atoms with Crippen LogP contribution in [0.5, 0.6) is 0 Å². The Morgan fingerprint density at radius 3 is 2.72 bits per heavy atom. The summed E-state index contributed by atoms with van der Waals surface area (Å²) in [6.07, 6.45) is -3.54. The molecule has 0 bridgehead atoms. The molecule has 3 nitrogen and oxygen atoms in total. The molecule has 1 aliphatic heterocycles. The zero-order chi connectivity index (χ0) is 13.2. The molecule has 0 amide bonds. The first-order valence-electron chi connectivity index (χ1n) is 6.14. The third kappa shape index (κ3) is 3.19. The van der Waals surface area contributed by atoms with Crippen LogP contribution in [0.25, 0.3) is 0 Å². The predicted octanol–water partition coefficient (Wildman–Crippen LogP) is 2.18. The molecule has 0 aromatic carbocycles. The number of hydrogen-bond donors (Lipinski definition) is 1. The van der Waals surface area contributed by atoms with Crippen LogP contribution >= 0.6 is 0 Å². The molecule has 0 spiro atoms. The van der Waals surface area contributed by atoms with Gasteiger partial charge in [0.05, 0.1) is 12.1 Å². The van der Waals surface area contributed by atoms with E-state index in [1.165, 1.54) is 0 Å².